The maximum Gasteiger partial charge on any atom is 0.244 e. The fourth-order valence-corrected chi connectivity index (χ4v) is 3.84. The van der Waals surface area contributed by atoms with E-state index in [-0.39, 0.29) is 5.91 Å². The van der Waals surface area contributed by atoms with Gasteiger partial charge < -0.3 is 0 Å². The number of aromatic nitrogens is 2. The second kappa shape index (κ2) is 10.4. The number of rotatable bonds is 7. The van der Waals surface area contributed by atoms with Crippen molar-refractivity contribution in [2.75, 3.05) is 0 Å². The number of carbonyl (C=O) groups excluding carboxylic acids is 1. The zero-order valence-corrected chi connectivity index (χ0v) is 19.1. The molecule has 1 amide bonds. The number of hydrogen-bond donors (Lipinski definition) is 1. The molecule has 0 aliphatic rings. The van der Waals surface area contributed by atoms with Gasteiger partial charge in [-0.15, -0.1) is 0 Å². The first-order valence-corrected chi connectivity index (χ1v) is 11.4. The number of carbonyl (C=O) groups is 1. The molecule has 5 nitrogen and oxygen atoms in total. The van der Waals surface area contributed by atoms with Crippen LogP contribution in [0.1, 0.15) is 11.1 Å². The van der Waals surface area contributed by atoms with Gasteiger partial charge in [0.25, 0.3) is 0 Å². The van der Waals surface area contributed by atoms with E-state index in [2.05, 4.69) is 40.9 Å². The predicted octanol–water partition coefficient (Wildman–Crippen LogP) is 5.90. The van der Waals surface area contributed by atoms with Gasteiger partial charge in [-0.2, -0.15) is 10.2 Å². The SMILES string of the molecule is O=C(Cc1ccccc1)N/N=C\c1ccc(-n2nc(-c3ccccc3)cc2-c2ccccc2)cc1. The highest BCUT2D eigenvalue weighted by Crippen LogP contribution is 2.28. The largest absolute Gasteiger partial charge is 0.273 e. The maximum absolute atomic E-state index is 12.1. The van der Waals surface area contributed by atoms with Crippen LogP contribution < -0.4 is 5.43 Å². The summed E-state index contributed by atoms with van der Waals surface area (Å²) < 4.78 is 1.96. The molecular weight excluding hydrogens is 432 g/mol. The van der Waals surface area contributed by atoms with E-state index >= 15 is 0 Å². The highest BCUT2D eigenvalue weighted by atomic mass is 16.2. The van der Waals surface area contributed by atoms with Gasteiger partial charge in [0.2, 0.25) is 5.91 Å². The minimum atomic E-state index is -0.151. The molecule has 0 bridgehead atoms. The molecule has 4 aromatic carbocycles. The molecule has 5 rings (SSSR count). The topological polar surface area (TPSA) is 59.3 Å². The number of benzene rings is 4. The minimum Gasteiger partial charge on any atom is -0.273 e. The monoisotopic (exact) mass is 456 g/mol. The Hall–Kier alpha value is -4.77. The van der Waals surface area contributed by atoms with Crippen molar-refractivity contribution in [1.29, 1.82) is 0 Å². The fourth-order valence-electron chi connectivity index (χ4n) is 3.84. The molecule has 35 heavy (non-hydrogen) atoms. The summed E-state index contributed by atoms with van der Waals surface area (Å²) in [5, 5.41) is 9.01. The van der Waals surface area contributed by atoms with E-state index in [4.69, 9.17) is 5.10 Å². The van der Waals surface area contributed by atoms with Crippen LogP contribution in [0.4, 0.5) is 0 Å². The van der Waals surface area contributed by atoms with Gasteiger partial charge in [0.05, 0.1) is 29.7 Å². The first-order chi connectivity index (χ1) is 17.3. The number of nitrogens with zero attached hydrogens (tertiary/aromatic N) is 3. The van der Waals surface area contributed by atoms with Crippen molar-refractivity contribution < 1.29 is 4.79 Å². The molecule has 0 saturated carbocycles. The van der Waals surface area contributed by atoms with Crippen LogP contribution in [0.5, 0.6) is 0 Å². The Morgan fingerprint density at radius 2 is 1.37 bits per heavy atom. The molecule has 170 valence electrons. The molecule has 0 aliphatic heterocycles. The van der Waals surface area contributed by atoms with Crippen molar-refractivity contribution in [1.82, 2.24) is 15.2 Å². The van der Waals surface area contributed by atoms with E-state index in [1.54, 1.807) is 6.21 Å². The van der Waals surface area contributed by atoms with Crippen LogP contribution in [0.15, 0.2) is 126 Å². The molecule has 0 radical (unpaired) electrons. The van der Waals surface area contributed by atoms with E-state index < -0.39 is 0 Å². The predicted molar refractivity (Wildman–Crippen MR) is 140 cm³/mol. The summed E-state index contributed by atoms with van der Waals surface area (Å²) in [6, 6.07) is 40.0. The van der Waals surface area contributed by atoms with Gasteiger partial charge in [0.1, 0.15) is 0 Å². The molecule has 0 aliphatic carbocycles. The minimum absolute atomic E-state index is 0.151. The lowest BCUT2D eigenvalue weighted by molar-refractivity contribution is -0.120. The number of hydrogen-bond acceptors (Lipinski definition) is 3. The van der Waals surface area contributed by atoms with Crippen LogP contribution in [-0.2, 0) is 11.2 Å². The van der Waals surface area contributed by atoms with E-state index in [0.29, 0.717) is 6.42 Å². The van der Waals surface area contributed by atoms with Crippen molar-refractivity contribution in [3.05, 3.63) is 132 Å². The van der Waals surface area contributed by atoms with Crippen molar-refractivity contribution in [3.63, 3.8) is 0 Å². The van der Waals surface area contributed by atoms with Gasteiger partial charge >= 0.3 is 0 Å². The van der Waals surface area contributed by atoms with Crippen LogP contribution in [0.25, 0.3) is 28.2 Å². The van der Waals surface area contributed by atoms with Crippen LogP contribution in [0, 0.1) is 0 Å². The third kappa shape index (κ3) is 5.42. The molecule has 5 aromatic rings. The standard InChI is InChI=1S/C30H24N4O/c35-30(20-23-10-4-1-5-11-23)32-31-22-24-16-18-27(19-17-24)34-29(26-14-8-3-9-15-26)21-28(33-34)25-12-6-2-7-13-25/h1-19,21-22H,20H2,(H,32,35)/b31-22-. The summed E-state index contributed by atoms with van der Waals surface area (Å²) in [4.78, 5) is 12.1. The summed E-state index contributed by atoms with van der Waals surface area (Å²) in [6.45, 7) is 0. The summed E-state index contributed by atoms with van der Waals surface area (Å²) in [7, 11) is 0. The Labute approximate surface area is 204 Å². The van der Waals surface area contributed by atoms with E-state index in [0.717, 1.165) is 39.3 Å². The first kappa shape index (κ1) is 22.0. The Balaban J connectivity index is 1.35. The summed E-state index contributed by atoms with van der Waals surface area (Å²) in [5.74, 6) is -0.151. The van der Waals surface area contributed by atoms with Gasteiger partial charge in [-0.25, -0.2) is 10.1 Å². The number of amides is 1. The fraction of sp³-hybridized carbons (Fsp3) is 0.0333. The summed E-state index contributed by atoms with van der Waals surface area (Å²) >= 11 is 0. The molecule has 5 heteroatoms. The normalized spacial score (nSPS) is 11.0. The van der Waals surface area contributed by atoms with Crippen molar-refractivity contribution in [2.45, 2.75) is 6.42 Å². The maximum atomic E-state index is 12.1. The summed E-state index contributed by atoms with van der Waals surface area (Å²) in [5.41, 5.74) is 9.45. The molecule has 1 aromatic heterocycles. The zero-order chi connectivity index (χ0) is 23.9. The molecule has 0 spiro atoms. The molecule has 0 atom stereocenters. The van der Waals surface area contributed by atoms with E-state index in [1.807, 2.05) is 95.7 Å². The lowest BCUT2D eigenvalue weighted by Gasteiger charge is -2.08. The molecule has 0 unspecified atom stereocenters. The van der Waals surface area contributed by atoms with Crippen LogP contribution in [-0.4, -0.2) is 21.9 Å². The van der Waals surface area contributed by atoms with Crippen molar-refractivity contribution >= 4 is 12.1 Å². The first-order valence-electron chi connectivity index (χ1n) is 11.4. The number of hydrazone groups is 1. The van der Waals surface area contributed by atoms with Crippen LogP contribution >= 0.6 is 0 Å². The average molecular weight is 457 g/mol. The van der Waals surface area contributed by atoms with Crippen molar-refractivity contribution in [3.8, 4) is 28.2 Å². The summed E-state index contributed by atoms with van der Waals surface area (Å²) in [6.07, 6.45) is 1.94. The Morgan fingerprint density at radius 3 is 2.03 bits per heavy atom. The average Bonchev–Trinajstić information content (AvgIpc) is 3.36. The lowest BCUT2D eigenvalue weighted by Crippen LogP contribution is -2.19. The van der Waals surface area contributed by atoms with Gasteiger partial charge in [0, 0.05) is 11.1 Å². The Kier molecular flexibility index (Phi) is 6.58. The number of nitrogens with one attached hydrogen (secondary N) is 1. The Morgan fingerprint density at radius 1 is 0.771 bits per heavy atom. The third-order valence-corrected chi connectivity index (χ3v) is 5.60. The second-order valence-corrected chi connectivity index (χ2v) is 8.11. The second-order valence-electron chi connectivity index (χ2n) is 8.11. The molecule has 0 fully saturated rings. The molecule has 1 N–H and O–H groups in total. The zero-order valence-electron chi connectivity index (χ0n) is 19.1. The molecular formula is C30H24N4O. The van der Waals surface area contributed by atoms with Crippen molar-refractivity contribution in [2.24, 2.45) is 5.10 Å². The van der Waals surface area contributed by atoms with Gasteiger partial charge in [0.15, 0.2) is 0 Å². The highest BCUT2D eigenvalue weighted by molar-refractivity contribution is 5.83. The lowest BCUT2D eigenvalue weighted by atomic mass is 10.1. The molecule has 1 heterocycles. The quantitative estimate of drug-likeness (QED) is 0.245. The van der Waals surface area contributed by atoms with Gasteiger partial charge in [-0.05, 0) is 29.3 Å². The smallest absolute Gasteiger partial charge is 0.244 e. The van der Waals surface area contributed by atoms with Gasteiger partial charge in [-0.1, -0.05) is 103 Å². The van der Waals surface area contributed by atoms with Crippen LogP contribution in [0.2, 0.25) is 0 Å². The van der Waals surface area contributed by atoms with E-state index in [9.17, 15) is 4.79 Å². The molecule has 0 saturated heterocycles. The Bertz CT molecular complexity index is 1420. The highest BCUT2D eigenvalue weighted by Gasteiger charge is 2.13. The van der Waals surface area contributed by atoms with E-state index in [1.165, 1.54) is 0 Å². The third-order valence-electron chi connectivity index (χ3n) is 5.60. The van der Waals surface area contributed by atoms with Gasteiger partial charge in [-0.3, -0.25) is 4.79 Å². The van der Waals surface area contributed by atoms with Crippen LogP contribution in [0.3, 0.4) is 0 Å².